The summed E-state index contributed by atoms with van der Waals surface area (Å²) in [5, 5.41) is 9.76. The second-order valence-electron chi connectivity index (χ2n) is 23.7. The molecule has 18 rings (SSSR count). The van der Waals surface area contributed by atoms with Crippen molar-refractivity contribution >= 4 is 103 Å². The van der Waals surface area contributed by atoms with E-state index in [4.69, 9.17) is 15.0 Å². The van der Waals surface area contributed by atoms with Crippen molar-refractivity contribution < 1.29 is 0 Å². The molecule has 0 atom stereocenters. The molecular formula is C82H55GeN5Si. The Morgan fingerprint density at radius 2 is 0.640 bits per heavy atom. The van der Waals surface area contributed by atoms with Crippen molar-refractivity contribution in [2.24, 2.45) is 0 Å². The predicted molar refractivity (Wildman–Crippen MR) is 372 cm³/mol. The van der Waals surface area contributed by atoms with E-state index in [-0.39, 0.29) is 0 Å². The third-order valence-corrected chi connectivity index (χ3v) is 34.6. The summed E-state index contributed by atoms with van der Waals surface area (Å²) in [5.41, 5.74) is 12.4. The standard InChI is InChI=1S/C82H55GeN5Si/c1-5-27-57(28-6-1)83(58-29-7-2-8-30-58)73-43-21-19-41-71(73)82(72-42-20-22-44-74(72)83)69-40-18-13-35-63(69)68-55-62(53-54-70(68)82)89(59-31-9-3-10-32-59,60-33-11-4-12-34-60)61-51-49-56(50-52-61)79-84-80(87-75-45-23-14-36-64(75)65-37-15-24-46-76(65)87)86-81(85-79)88-77-47-25-16-38-66(77)67-39-17-26-48-78(67)88/h1-55H. The molecule has 0 saturated carbocycles. The van der Waals surface area contributed by atoms with E-state index in [1.54, 1.807) is 0 Å². The van der Waals surface area contributed by atoms with Crippen LogP contribution in [0.4, 0.5) is 0 Å². The van der Waals surface area contributed by atoms with E-state index >= 15 is 0 Å². The van der Waals surface area contributed by atoms with Crippen molar-refractivity contribution in [3.63, 3.8) is 0 Å². The van der Waals surface area contributed by atoms with Crippen molar-refractivity contribution in [2.75, 3.05) is 0 Å². The van der Waals surface area contributed by atoms with Gasteiger partial charge in [-0.15, -0.1) is 0 Å². The van der Waals surface area contributed by atoms with Crippen LogP contribution in [0.3, 0.4) is 0 Å². The van der Waals surface area contributed by atoms with Crippen LogP contribution in [0, 0.1) is 0 Å². The number of nitrogens with zero attached hydrogens (tertiary/aromatic N) is 5. The minimum absolute atomic E-state index is 0.555. The summed E-state index contributed by atoms with van der Waals surface area (Å²) in [6.07, 6.45) is 0. The van der Waals surface area contributed by atoms with Gasteiger partial charge in [-0.3, -0.25) is 9.13 Å². The zero-order chi connectivity index (χ0) is 58.7. The summed E-state index contributed by atoms with van der Waals surface area (Å²) in [5.74, 6) is 1.70. The number of aromatic nitrogens is 5. The summed E-state index contributed by atoms with van der Waals surface area (Å²) in [6, 6.07) is 125. The van der Waals surface area contributed by atoms with Crippen LogP contribution in [0.25, 0.3) is 78.0 Å². The van der Waals surface area contributed by atoms with E-state index in [2.05, 4.69) is 343 Å². The maximum absolute atomic E-state index is 5.50. The molecule has 0 saturated heterocycles. The third kappa shape index (κ3) is 7.27. The normalized spacial score (nSPS) is 13.6. The van der Waals surface area contributed by atoms with Gasteiger partial charge in [-0.05, 0) is 24.3 Å². The fraction of sp³-hybridized carbons (Fsp3) is 0.0122. The van der Waals surface area contributed by atoms with Gasteiger partial charge in [0.25, 0.3) is 0 Å². The average molecular weight is 1210 g/mol. The fourth-order valence-electron chi connectivity index (χ4n) is 16.0. The van der Waals surface area contributed by atoms with E-state index in [0.717, 1.165) is 49.2 Å². The Labute approximate surface area is 519 Å². The quantitative estimate of drug-likeness (QED) is 0.107. The number of hydrogen-bond donors (Lipinski definition) is 0. The number of para-hydroxylation sites is 4. The van der Waals surface area contributed by atoms with Gasteiger partial charge >= 0.3 is 341 Å². The van der Waals surface area contributed by atoms with E-state index < -0.39 is 26.8 Å². The SMILES string of the molecule is c1ccc([Si](c2ccccc2)(c2ccc(-c3nc(-n4c5ccccc5c5ccccc54)nc(-n4c5ccccc5c5ccccc54)n3)cc2)c2ccc3c(c2)-c2ccccc2C32c3cccc[c]3[Ge]([c]3ccccc3)([c]3ccccc3)[c]3ccccc32)cc1. The summed E-state index contributed by atoms with van der Waals surface area (Å²) in [7, 11) is -3.19. The second-order valence-corrected chi connectivity index (χ2v) is 35.3. The van der Waals surface area contributed by atoms with Crippen molar-refractivity contribution in [1.82, 2.24) is 24.1 Å². The molecule has 16 aromatic rings. The van der Waals surface area contributed by atoms with Gasteiger partial charge in [0.05, 0.1) is 22.1 Å². The third-order valence-electron chi connectivity index (χ3n) is 19.5. The Morgan fingerprint density at radius 1 is 0.281 bits per heavy atom. The van der Waals surface area contributed by atoms with Gasteiger partial charge in [-0.1, -0.05) is 72.8 Å². The zero-order valence-electron chi connectivity index (χ0n) is 48.5. The summed E-state index contributed by atoms with van der Waals surface area (Å²) in [4.78, 5) is 16.5. The molecule has 2 aliphatic rings. The number of benzene rings is 13. The zero-order valence-corrected chi connectivity index (χ0v) is 51.6. The van der Waals surface area contributed by atoms with Crippen LogP contribution in [-0.4, -0.2) is 45.4 Å². The molecule has 0 fully saturated rings. The summed E-state index contributed by atoms with van der Waals surface area (Å²) < 4.78 is 10.2. The van der Waals surface area contributed by atoms with E-state index in [9.17, 15) is 0 Å². The van der Waals surface area contributed by atoms with Crippen LogP contribution in [0.15, 0.2) is 334 Å². The van der Waals surface area contributed by atoms with E-state index in [1.807, 2.05) is 0 Å². The van der Waals surface area contributed by atoms with Gasteiger partial charge in [0.1, 0.15) is 0 Å². The summed E-state index contributed by atoms with van der Waals surface area (Å²) in [6.45, 7) is 0. The Kier molecular flexibility index (Phi) is 11.7. The Balaban J connectivity index is 0.864. The first kappa shape index (κ1) is 51.5. The van der Waals surface area contributed by atoms with E-state index in [0.29, 0.717) is 17.7 Å². The van der Waals surface area contributed by atoms with Gasteiger partial charge in [0.15, 0.2) is 5.82 Å². The number of hydrogen-bond acceptors (Lipinski definition) is 3. The first-order valence-electron chi connectivity index (χ1n) is 30.7. The Hall–Kier alpha value is -10.8. The molecule has 3 aromatic heterocycles. The second kappa shape index (κ2) is 20.2. The molecule has 1 aliphatic carbocycles. The van der Waals surface area contributed by atoms with Gasteiger partial charge in [-0.2, -0.15) is 15.0 Å². The minimum atomic E-state index is -3.71. The van der Waals surface area contributed by atoms with Crippen LogP contribution in [-0.2, 0) is 5.41 Å². The van der Waals surface area contributed by atoms with Crippen LogP contribution in [0.2, 0.25) is 0 Å². The molecule has 5 nitrogen and oxygen atoms in total. The molecule has 0 N–H and O–H groups in total. The monoisotopic (exact) mass is 1210 g/mol. The predicted octanol–water partition coefficient (Wildman–Crippen LogP) is 13.2. The van der Waals surface area contributed by atoms with Gasteiger partial charge in [-0.25, -0.2) is 0 Å². The molecule has 1 aliphatic heterocycles. The number of rotatable bonds is 9. The van der Waals surface area contributed by atoms with Gasteiger partial charge < -0.3 is 0 Å². The Bertz CT molecular complexity index is 5080. The molecule has 0 amide bonds. The van der Waals surface area contributed by atoms with Crippen LogP contribution in [0.5, 0.6) is 0 Å². The maximum atomic E-state index is 5.50. The van der Waals surface area contributed by atoms with Crippen molar-refractivity contribution in [3.05, 3.63) is 356 Å². The molecule has 0 radical (unpaired) electrons. The Morgan fingerprint density at radius 3 is 1.11 bits per heavy atom. The molecule has 4 heterocycles. The topological polar surface area (TPSA) is 48.5 Å². The van der Waals surface area contributed by atoms with Gasteiger partial charge in [0, 0.05) is 21.5 Å². The molecule has 7 heteroatoms. The van der Waals surface area contributed by atoms with E-state index in [1.165, 1.54) is 71.7 Å². The van der Waals surface area contributed by atoms with Crippen molar-refractivity contribution in [3.8, 4) is 34.4 Å². The summed E-state index contributed by atoms with van der Waals surface area (Å²) >= 11 is -3.71. The molecule has 0 bridgehead atoms. The molecule has 1 spiro atoms. The number of fused-ring (bicyclic) bond motifs is 15. The molecule has 13 aromatic carbocycles. The van der Waals surface area contributed by atoms with Crippen molar-refractivity contribution in [2.45, 2.75) is 5.41 Å². The van der Waals surface area contributed by atoms with Crippen LogP contribution < -0.4 is 38.3 Å². The molecule has 416 valence electrons. The van der Waals surface area contributed by atoms with Crippen LogP contribution >= 0.6 is 0 Å². The molecule has 89 heavy (non-hydrogen) atoms. The van der Waals surface area contributed by atoms with Gasteiger partial charge in [0.2, 0.25) is 11.9 Å². The van der Waals surface area contributed by atoms with Crippen LogP contribution in [0.1, 0.15) is 22.3 Å². The molecule has 0 unspecified atom stereocenters. The van der Waals surface area contributed by atoms with Crippen molar-refractivity contribution in [1.29, 1.82) is 0 Å². The fourth-order valence-corrected chi connectivity index (χ4v) is 31.9. The average Bonchev–Trinajstić information content (AvgIpc) is 1.63. The first-order chi connectivity index (χ1) is 44.2. The first-order valence-corrected chi connectivity index (χ1v) is 36.9. The molecular weight excluding hydrogens is 1160 g/mol.